The minimum atomic E-state index is -0.0799. The zero-order chi connectivity index (χ0) is 14.4. The Morgan fingerprint density at radius 3 is 2.60 bits per heavy atom. The van der Waals surface area contributed by atoms with Crippen LogP contribution in [0.1, 0.15) is 25.5 Å². The predicted octanol–water partition coefficient (Wildman–Crippen LogP) is 4.15. The number of fused-ring (bicyclic) bond motifs is 1. The van der Waals surface area contributed by atoms with Crippen LogP contribution in [0.15, 0.2) is 66.8 Å². The fourth-order valence-electron chi connectivity index (χ4n) is 2.08. The van der Waals surface area contributed by atoms with E-state index in [4.69, 9.17) is 0 Å². The molecule has 1 N–H and O–H groups in total. The van der Waals surface area contributed by atoms with Gasteiger partial charge in [0.25, 0.3) is 0 Å². The van der Waals surface area contributed by atoms with E-state index in [-0.39, 0.29) is 11.9 Å². The number of amides is 1. The van der Waals surface area contributed by atoms with Crippen molar-refractivity contribution >= 4 is 16.7 Å². The van der Waals surface area contributed by atoms with Gasteiger partial charge in [0.05, 0.1) is 6.04 Å². The van der Waals surface area contributed by atoms with Gasteiger partial charge in [0, 0.05) is 6.08 Å². The van der Waals surface area contributed by atoms with Crippen LogP contribution in [0.4, 0.5) is 0 Å². The van der Waals surface area contributed by atoms with Crippen LogP contribution in [-0.4, -0.2) is 5.91 Å². The van der Waals surface area contributed by atoms with Crippen molar-refractivity contribution in [1.29, 1.82) is 0 Å². The third-order valence-electron chi connectivity index (χ3n) is 3.18. The molecular formula is C18H19NO. The van der Waals surface area contributed by atoms with Crippen LogP contribution >= 0.6 is 0 Å². The van der Waals surface area contributed by atoms with Gasteiger partial charge >= 0.3 is 0 Å². The van der Waals surface area contributed by atoms with E-state index >= 15 is 0 Å². The highest BCUT2D eigenvalue weighted by molar-refractivity contribution is 5.88. The smallest absolute Gasteiger partial charge is 0.244 e. The Kier molecular flexibility index (Phi) is 4.72. The average molecular weight is 265 g/mol. The first-order valence-corrected chi connectivity index (χ1v) is 6.79. The van der Waals surface area contributed by atoms with Gasteiger partial charge in [-0.3, -0.25) is 4.79 Å². The average Bonchev–Trinajstić information content (AvgIpc) is 2.47. The largest absolute Gasteiger partial charge is 0.346 e. The van der Waals surface area contributed by atoms with Crippen molar-refractivity contribution in [3.8, 4) is 0 Å². The van der Waals surface area contributed by atoms with Gasteiger partial charge in [-0.05, 0) is 36.2 Å². The summed E-state index contributed by atoms with van der Waals surface area (Å²) < 4.78 is 0. The van der Waals surface area contributed by atoms with Crippen LogP contribution in [0, 0.1) is 0 Å². The summed E-state index contributed by atoms with van der Waals surface area (Å²) in [5, 5.41) is 5.36. The number of nitrogens with one attached hydrogen (secondary N) is 1. The Hall–Kier alpha value is -2.35. The predicted molar refractivity (Wildman–Crippen MR) is 84.5 cm³/mol. The summed E-state index contributed by atoms with van der Waals surface area (Å²) in [4.78, 5) is 11.7. The highest BCUT2D eigenvalue weighted by Gasteiger charge is 2.07. The Balaban J connectivity index is 2.11. The van der Waals surface area contributed by atoms with Gasteiger partial charge in [-0.15, -0.1) is 0 Å². The number of hydrogen-bond donors (Lipinski definition) is 1. The van der Waals surface area contributed by atoms with E-state index in [1.165, 1.54) is 16.8 Å². The van der Waals surface area contributed by atoms with Crippen molar-refractivity contribution in [3.63, 3.8) is 0 Å². The van der Waals surface area contributed by atoms with Gasteiger partial charge in [0.2, 0.25) is 5.91 Å². The van der Waals surface area contributed by atoms with E-state index in [0.29, 0.717) is 0 Å². The lowest BCUT2D eigenvalue weighted by molar-refractivity contribution is -0.117. The van der Waals surface area contributed by atoms with Crippen LogP contribution in [0.2, 0.25) is 0 Å². The van der Waals surface area contributed by atoms with Crippen molar-refractivity contribution in [3.05, 3.63) is 72.3 Å². The minimum Gasteiger partial charge on any atom is -0.346 e. The molecule has 0 unspecified atom stereocenters. The molecule has 20 heavy (non-hydrogen) atoms. The third-order valence-corrected chi connectivity index (χ3v) is 3.18. The van der Waals surface area contributed by atoms with E-state index < -0.39 is 0 Å². The molecule has 0 spiro atoms. The molecule has 0 aliphatic heterocycles. The van der Waals surface area contributed by atoms with Gasteiger partial charge in [-0.1, -0.05) is 54.6 Å². The summed E-state index contributed by atoms with van der Waals surface area (Å²) in [6.07, 6.45) is 7.00. The lowest BCUT2D eigenvalue weighted by atomic mass is 10.0. The lowest BCUT2D eigenvalue weighted by Gasteiger charge is -2.13. The summed E-state index contributed by atoms with van der Waals surface area (Å²) in [5.41, 5.74) is 1.11. The van der Waals surface area contributed by atoms with E-state index in [0.717, 1.165) is 5.56 Å². The van der Waals surface area contributed by atoms with E-state index in [1.807, 2.05) is 38.1 Å². The molecule has 2 rings (SSSR count). The fraction of sp³-hybridized carbons (Fsp3) is 0.167. The number of allylic oxidation sites excluding steroid dienone is 3. The maximum atomic E-state index is 11.7. The zero-order valence-corrected chi connectivity index (χ0v) is 11.8. The first-order valence-electron chi connectivity index (χ1n) is 6.79. The molecule has 2 aromatic rings. The van der Waals surface area contributed by atoms with Crippen LogP contribution < -0.4 is 5.32 Å². The Morgan fingerprint density at radius 2 is 1.85 bits per heavy atom. The molecule has 0 aliphatic carbocycles. The normalized spacial score (nSPS) is 13.1. The molecule has 2 nitrogen and oxygen atoms in total. The summed E-state index contributed by atoms with van der Waals surface area (Å²) in [5.74, 6) is -0.0799. The summed E-state index contributed by atoms with van der Waals surface area (Å²) in [7, 11) is 0. The molecule has 2 heteroatoms. The monoisotopic (exact) mass is 265 g/mol. The van der Waals surface area contributed by atoms with Gasteiger partial charge < -0.3 is 5.32 Å². The Bertz CT molecular complexity index is 655. The number of benzene rings is 2. The highest BCUT2D eigenvalue weighted by Crippen LogP contribution is 2.20. The number of carbonyl (C=O) groups excluding carboxylic acids is 1. The van der Waals surface area contributed by atoms with E-state index in [9.17, 15) is 4.79 Å². The summed E-state index contributed by atoms with van der Waals surface area (Å²) in [6.45, 7) is 3.91. The molecule has 0 aliphatic rings. The molecule has 0 saturated heterocycles. The van der Waals surface area contributed by atoms with E-state index in [2.05, 4.69) is 35.6 Å². The van der Waals surface area contributed by atoms with E-state index in [1.54, 1.807) is 6.08 Å². The molecule has 102 valence electrons. The van der Waals surface area contributed by atoms with Crippen LogP contribution in [-0.2, 0) is 4.79 Å². The molecule has 0 bridgehead atoms. The maximum Gasteiger partial charge on any atom is 0.244 e. The van der Waals surface area contributed by atoms with Crippen molar-refractivity contribution in [2.24, 2.45) is 0 Å². The first-order chi connectivity index (χ1) is 9.70. The van der Waals surface area contributed by atoms with Crippen molar-refractivity contribution in [2.75, 3.05) is 0 Å². The molecule has 1 amide bonds. The second-order valence-corrected chi connectivity index (χ2v) is 4.72. The fourth-order valence-corrected chi connectivity index (χ4v) is 2.08. The molecule has 1 atom stereocenters. The summed E-state index contributed by atoms with van der Waals surface area (Å²) >= 11 is 0. The standard InChI is InChI=1S/C18H19NO/c1-3-4-5-10-18(20)19-14(2)16-12-11-15-8-6-7-9-17(15)13-16/h3-14H,1-2H3,(H,19,20)/b4-3+,10-5+/t14-/m0/s1. The van der Waals surface area contributed by atoms with Crippen molar-refractivity contribution in [2.45, 2.75) is 19.9 Å². The SMILES string of the molecule is C/C=C/C=C/C(=O)N[C@@H](C)c1ccc2ccccc2c1. The van der Waals surface area contributed by atoms with Crippen LogP contribution in [0.3, 0.4) is 0 Å². The van der Waals surface area contributed by atoms with Gasteiger partial charge in [-0.25, -0.2) is 0 Å². The zero-order valence-electron chi connectivity index (χ0n) is 11.8. The Morgan fingerprint density at radius 1 is 1.10 bits per heavy atom. The van der Waals surface area contributed by atoms with Crippen molar-refractivity contribution in [1.82, 2.24) is 5.32 Å². The molecule has 0 radical (unpaired) electrons. The van der Waals surface area contributed by atoms with Crippen LogP contribution in [0.25, 0.3) is 10.8 Å². The van der Waals surface area contributed by atoms with Crippen molar-refractivity contribution < 1.29 is 4.79 Å². The molecular weight excluding hydrogens is 246 g/mol. The maximum absolute atomic E-state index is 11.7. The van der Waals surface area contributed by atoms with Crippen LogP contribution in [0.5, 0.6) is 0 Å². The highest BCUT2D eigenvalue weighted by atomic mass is 16.1. The van der Waals surface area contributed by atoms with Gasteiger partial charge in [-0.2, -0.15) is 0 Å². The van der Waals surface area contributed by atoms with Gasteiger partial charge in [0.1, 0.15) is 0 Å². The minimum absolute atomic E-state index is 0.0117. The second kappa shape index (κ2) is 6.71. The molecule has 2 aromatic carbocycles. The van der Waals surface area contributed by atoms with Gasteiger partial charge in [0.15, 0.2) is 0 Å². The number of carbonyl (C=O) groups is 1. The molecule has 0 heterocycles. The molecule has 0 fully saturated rings. The topological polar surface area (TPSA) is 29.1 Å². The summed E-state index contributed by atoms with van der Waals surface area (Å²) in [6, 6.07) is 14.5. The Labute approximate surface area is 119 Å². The third kappa shape index (κ3) is 3.58. The quantitative estimate of drug-likeness (QED) is 0.653. The number of rotatable bonds is 4. The molecule has 0 aromatic heterocycles. The number of hydrogen-bond acceptors (Lipinski definition) is 1. The first kappa shape index (κ1) is 14.1. The molecule has 0 saturated carbocycles. The lowest BCUT2D eigenvalue weighted by Crippen LogP contribution is -2.24. The second-order valence-electron chi connectivity index (χ2n) is 4.72.